The van der Waals surface area contributed by atoms with Crippen molar-refractivity contribution in [1.29, 1.82) is 0 Å². The van der Waals surface area contributed by atoms with Gasteiger partial charge >= 0.3 is 0 Å². The molecule has 3 heteroatoms. The van der Waals surface area contributed by atoms with E-state index in [4.69, 9.17) is 0 Å². The average Bonchev–Trinajstić information content (AvgIpc) is 2.93. The Morgan fingerprint density at radius 3 is 2.40 bits per heavy atom. The summed E-state index contributed by atoms with van der Waals surface area (Å²) in [6, 6.07) is 0.657. The van der Waals surface area contributed by atoms with Crippen molar-refractivity contribution >= 4 is 0 Å². The largest absolute Gasteiger partial charge is 0.395 e. The summed E-state index contributed by atoms with van der Waals surface area (Å²) in [4.78, 5) is 2.45. The molecule has 4 fully saturated rings. The zero-order chi connectivity index (χ0) is 17.8. The summed E-state index contributed by atoms with van der Waals surface area (Å²) >= 11 is 0. The second-order valence-corrected chi connectivity index (χ2v) is 10.4. The zero-order valence-electron chi connectivity index (χ0n) is 16.6. The van der Waals surface area contributed by atoms with Gasteiger partial charge in [0.15, 0.2) is 0 Å². The van der Waals surface area contributed by atoms with Crippen LogP contribution >= 0.6 is 0 Å². The van der Waals surface area contributed by atoms with Gasteiger partial charge in [-0.3, -0.25) is 0 Å². The number of aliphatic hydroxyl groups is 2. The van der Waals surface area contributed by atoms with E-state index < -0.39 is 0 Å². The number of aliphatic hydroxyl groups excluding tert-OH is 2. The zero-order valence-corrected chi connectivity index (χ0v) is 16.6. The quantitative estimate of drug-likeness (QED) is 0.817. The Morgan fingerprint density at radius 1 is 0.920 bits per heavy atom. The van der Waals surface area contributed by atoms with Crippen molar-refractivity contribution in [2.75, 3.05) is 20.2 Å². The van der Waals surface area contributed by atoms with E-state index in [0.29, 0.717) is 16.9 Å². The standard InChI is InChI=1S/C22H39NO2/c1-21-10-8-16(25)14-15(21)4-5-17-18-6-7-20(23(3)12-13-24)22(18,2)11-9-19(17)21/h15-20,24-25H,4-14H2,1-3H3/t15-,16-,17-,18-,19-,20-,21-,22-/m0/s1. The van der Waals surface area contributed by atoms with Gasteiger partial charge in [0, 0.05) is 12.6 Å². The maximum absolute atomic E-state index is 10.2. The van der Waals surface area contributed by atoms with E-state index in [-0.39, 0.29) is 12.7 Å². The van der Waals surface area contributed by atoms with E-state index in [1.807, 2.05) is 0 Å². The predicted molar refractivity (Wildman–Crippen MR) is 101 cm³/mol. The SMILES string of the molecule is CN(CCO)[C@H]1CC[C@H]2[C@@H]3CC[C@H]4C[C@@H](O)CC[C@]4(C)[C@H]3CC[C@]12C. The Balaban J connectivity index is 1.56. The van der Waals surface area contributed by atoms with Crippen LogP contribution in [-0.4, -0.2) is 47.5 Å². The lowest BCUT2D eigenvalue weighted by Gasteiger charge is -2.61. The monoisotopic (exact) mass is 349 g/mol. The molecule has 3 nitrogen and oxygen atoms in total. The molecular weight excluding hydrogens is 310 g/mol. The average molecular weight is 350 g/mol. The van der Waals surface area contributed by atoms with Crippen molar-refractivity contribution in [2.45, 2.75) is 83.8 Å². The van der Waals surface area contributed by atoms with Crippen LogP contribution in [0.3, 0.4) is 0 Å². The van der Waals surface area contributed by atoms with Gasteiger partial charge in [-0.05, 0) is 99.3 Å². The minimum atomic E-state index is -0.0357. The molecule has 0 radical (unpaired) electrons. The number of hydrogen-bond donors (Lipinski definition) is 2. The van der Waals surface area contributed by atoms with Crippen molar-refractivity contribution in [3.05, 3.63) is 0 Å². The Hall–Kier alpha value is -0.120. The van der Waals surface area contributed by atoms with Gasteiger partial charge in [-0.15, -0.1) is 0 Å². The molecule has 0 unspecified atom stereocenters. The Bertz CT molecular complexity index is 496. The molecule has 0 saturated heterocycles. The molecule has 0 heterocycles. The lowest BCUT2D eigenvalue weighted by molar-refractivity contribution is -0.128. The van der Waals surface area contributed by atoms with Crippen molar-refractivity contribution in [3.63, 3.8) is 0 Å². The molecule has 144 valence electrons. The molecule has 25 heavy (non-hydrogen) atoms. The fraction of sp³-hybridized carbons (Fsp3) is 1.00. The fourth-order valence-corrected chi connectivity index (χ4v) is 8.25. The van der Waals surface area contributed by atoms with E-state index in [0.717, 1.165) is 43.1 Å². The normalized spacial score (nSPS) is 52.6. The van der Waals surface area contributed by atoms with Gasteiger partial charge in [-0.25, -0.2) is 0 Å². The van der Waals surface area contributed by atoms with Crippen LogP contribution in [0, 0.1) is 34.5 Å². The van der Waals surface area contributed by atoms with Gasteiger partial charge in [0.2, 0.25) is 0 Å². The van der Waals surface area contributed by atoms with Gasteiger partial charge in [0.1, 0.15) is 0 Å². The predicted octanol–water partition coefficient (Wildman–Crippen LogP) is 3.68. The van der Waals surface area contributed by atoms with E-state index in [2.05, 4.69) is 25.8 Å². The summed E-state index contributed by atoms with van der Waals surface area (Å²) in [7, 11) is 2.22. The number of rotatable bonds is 3. The van der Waals surface area contributed by atoms with Crippen LogP contribution in [0.1, 0.15) is 71.6 Å². The fourth-order valence-electron chi connectivity index (χ4n) is 8.25. The topological polar surface area (TPSA) is 43.7 Å². The van der Waals surface area contributed by atoms with Crippen LogP contribution in [0.4, 0.5) is 0 Å². The summed E-state index contributed by atoms with van der Waals surface area (Å²) in [5.41, 5.74) is 0.932. The van der Waals surface area contributed by atoms with Gasteiger partial charge < -0.3 is 15.1 Å². The summed E-state index contributed by atoms with van der Waals surface area (Å²) in [6.45, 7) is 6.24. The lowest BCUT2D eigenvalue weighted by Crippen LogP contribution is -2.56. The third kappa shape index (κ3) is 2.72. The van der Waals surface area contributed by atoms with E-state index in [1.54, 1.807) is 0 Å². The molecule has 0 aromatic carbocycles. The summed E-state index contributed by atoms with van der Waals surface area (Å²) < 4.78 is 0. The van der Waals surface area contributed by atoms with Crippen molar-refractivity contribution in [2.24, 2.45) is 34.5 Å². The van der Waals surface area contributed by atoms with Gasteiger partial charge in [-0.1, -0.05) is 13.8 Å². The van der Waals surface area contributed by atoms with E-state index >= 15 is 0 Å². The highest BCUT2D eigenvalue weighted by Gasteiger charge is 2.60. The van der Waals surface area contributed by atoms with Crippen molar-refractivity contribution in [3.8, 4) is 0 Å². The molecule has 0 aliphatic heterocycles. The first-order valence-electron chi connectivity index (χ1n) is 10.9. The molecule has 2 N–H and O–H groups in total. The minimum Gasteiger partial charge on any atom is -0.395 e. The smallest absolute Gasteiger partial charge is 0.0558 e. The highest BCUT2D eigenvalue weighted by molar-refractivity contribution is 5.11. The molecule has 0 amide bonds. The maximum Gasteiger partial charge on any atom is 0.0558 e. The van der Waals surface area contributed by atoms with Gasteiger partial charge in [-0.2, -0.15) is 0 Å². The molecule has 4 rings (SSSR count). The van der Waals surface area contributed by atoms with Crippen LogP contribution in [-0.2, 0) is 0 Å². The number of hydrogen-bond acceptors (Lipinski definition) is 3. The molecule has 4 aliphatic rings. The third-order valence-corrected chi connectivity index (χ3v) is 9.57. The maximum atomic E-state index is 10.2. The first-order chi connectivity index (χ1) is 11.9. The molecule has 0 aromatic rings. The lowest BCUT2D eigenvalue weighted by atomic mass is 9.45. The summed E-state index contributed by atoms with van der Waals surface area (Å²) in [5.74, 6) is 3.43. The second kappa shape index (κ2) is 6.49. The van der Waals surface area contributed by atoms with Crippen LogP contribution < -0.4 is 0 Å². The molecule has 4 aliphatic carbocycles. The van der Waals surface area contributed by atoms with Crippen LogP contribution in [0.25, 0.3) is 0 Å². The molecule has 0 spiro atoms. The highest BCUT2D eigenvalue weighted by atomic mass is 16.3. The second-order valence-electron chi connectivity index (χ2n) is 10.4. The molecule has 0 aromatic heterocycles. The summed E-state index contributed by atoms with van der Waals surface area (Å²) in [6.07, 6.45) is 11.5. The first kappa shape index (κ1) is 18.3. The summed E-state index contributed by atoms with van der Waals surface area (Å²) in [5, 5.41) is 19.6. The van der Waals surface area contributed by atoms with Crippen LogP contribution in [0.15, 0.2) is 0 Å². The van der Waals surface area contributed by atoms with Gasteiger partial charge in [0.05, 0.1) is 12.7 Å². The first-order valence-corrected chi connectivity index (χ1v) is 10.9. The Kier molecular flexibility index (Phi) is 4.74. The highest BCUT2D eigenvalue weighted by Crippen LogP contribution is 2.66. The molecule has 8 atom stereocenters. The van der Waals surface area contributed by atoms with Crippen molar-refractivity contribution < 1.29 is 10.2 Å². The molecule has 4 saturated carbocycles. The molecular formula is C22H39NO2. The minimum absolute atomic E-state index is 0.0357. The van der Waals surface area contributed by atoms with Gasteiger partial charge in [0.25, 0.3) is 0 Å². The van der Waals surface area contributed by atoms with E-state index in [1.165, 1.54) is 44.9 Å². The Morgan fingerprint density at radius 2 is 1.64 bits per heavy atom. The van der Waals surface area contributed by atoms with Crippen molar-refractivity contribution in [1.82, 2.24) is 4.90 Å². The van der Waals surface area contributed by atoms with Crippen LogP contribution in [0.2, 0.25) is 0 Å². The number of likely N-dealkylation sites (N-methyl/N-ethyl adjacent to an activating group) is 1. The van der Waals surface area contributed by atoms with E-state index in [9.17, 15) is 10.2 Å². The van der Waals surface area contributed by atoms with Crippen LogP contribution in [0.5, 0.6) is 0 Å². The number of fused-ring (bicyclic) bond motifs is 5. The Labute approximate surface area is 154 Å². The molecule has 0 bridgehead atoms. The third-order valence-electron chi connectivity index (χ3n) is 9.57. The number of nitrogens with zero attached hydrogens (tertiary/aromatic N) is 1.